The molecule has 0 atom stereocenters. The number of rotatable bonds is 4. The van der Waals surface area contributed by atoms with E-state index in [1.807, 2.05) is 0 Å². The van der Waals surface area contributed by atoms with Crippen molar-refractivity contribution in [1.29, 1.82) is 0 Å². The van der Waals surface area contributed by atoms with E-state index in [9.17, 15) is 4.79 Å². The van der Waals surface area contributed by atoms with Gasteiger partial charge >= 0.3 is 0 Å². The van der Waals surface area contributed by atoms with Gasteiger partial charge in [0.1, 0.15) is 0 Å². The zero-order valence-corrected chi connectivity index (χ0v) is 13.7. The highest BCUT2D eigenvalue weighted by atomic mass is 16.2. The summed E-state index contributed by atoms with van der Waals surface area (Å²) in [6.45, 7) is 0.753. The van der Waals surface area contributed by atoms with Crippen LogP contribution in [0.15, 0.2) is 0 Å². The number of carbonyl (C=O) groups is 1. The molecule has 3 aliphatic rings. The Hall–Kier alpha value is -1.32. The van der Waals surface area contributed by atoms with E-state index in [1.165, 1.54) is 55.5 Å². The van der Waals surface area contributed by atoms with Gasteiger partial charge in [0.25, 0.3) is 0 Å². The third-order valence-corrected chi connectivity index (χ3v) is 6.02. The number of aromatic nitrogens is 2. The van der Waals surface area contributed by atoms with Gasteiger partial charge in [0.05, 0.1) is 12.2 Å². The van der Waals surface area contributed by atoms with Gasteiger partial charge in [-0.15, -0.1) is 0 Å². The maximum absolute atomic E-state index is 12.9. The molecular weight excluding hydrogens is 274 g/mol. The van der Waals surface area contributed by atoms with Gasteiger partial charge in [-0.3, -0.25) is 9.48 Å². The van der Waals surface area contributed by atoms with Crippen LogP contribution in [0.3, 0.4) is 0 Å². The number of carbonyl (C=O) groups excluding carboxylic acids is 1. The van der Waals surface area contributed by atoms with Crippen molar-refractivity contribution in [2.24, 2.45) is 13.0 Å². The highest BCUT2D eigenvalue weighted by Crippen LogP contribution is 2.34. The van der Waals surface area contributed by atoms with Gasteiger partial charge in [0.2, 0.25) is 5.91 Å². The monoisotopic (exact) mass is 301 g/mol. The molecule has 4 nitrogen and oxygen atoms in total. The largest absolute Gasteiger partial charge is 0.333 e. The summed E-state index contributed by atoms with van der Waals surface area (Å²) in [6, 6.07) is 0.465. The van der Waals surface area contributed by atoms with Gasteiger partial charge in [-0.1, -0.05) is 19.3 Å². The third kappa shape index (κ3) is 2.37. The van der Waals surface area contributed by atoms with Crippen molar-refractivity contribution in [2.45, 2.75) is 76.8 Å². The molecule has 0 saturated heterocycles. The van der Waals surface area contributed by atoms with E-state index in [4.69, 9.17) is 5.10 Å². The van der Waals surface area contributed by atoms with Crippen LogP contribution in [0.5, 0.6) is 0 Å². The highest BCUT2D eigenvalue weighted by molar-refractivity contribution is 5.80. The lowest BCUT2D eigenvalue weighted by atomic mass is 9.84. The van der Waals surface area contributed by atoms with Gasteiger partial charge in [-0.05, 0) is 50.5 Å². The molecule has 120 valence electrons. The van der Waals surface area contributed by atoms with Crippen molar-refractivity contribution in [3.63, 3.8) is 0 Å². The topological polar surface area (TPSA) is 38.1 Å². The lowest BCUT2D eigenvalue weighted by molar-refractivity contribution is -0.141. The molecule has 0 spiro atoms. The van der Waals surface area contributed by atoms with E-state index in [2.05, 4.69) is 16.6 Å². The Balaban J connectivity index is 1.58. The molecule has 3 aliphatic carbocycles. The van der Waals surface area contributed by atoms with Gasteiger partial charge < -0.3 is 4.90 Å². The number of amides is 1. The van der Waals surface area contributed by atoms with Gasteiger partial charge in [-0.2, -0.15) is 5.10 Å². The van der Waals surface area contributed by atoms with Crippen molar-refractivity contribution in [2.75, 3.05) is 0 Å². The van der Waals surface area contributed by atoms with Crippen molar-refractivity contribution >= 4 is 5.91 Å². The molecule has 4 heteroatoms. The first kappa shape index (κ1) is 14.3. The van der Waals surface area contributed by atoms with Crippen molar-refractivity contribution in [1.82, 2.24) is 14.7 Å². The Labute approximate surface area is 132 Å². The molecule has 2 saturated carbocycles. The number of fused-ring (bicyclic) bond motifs is 1. The summed E-state index contributed by atoms with van der Waals surface area (Å²) in [4.78, 5) is 15.1. The normalized spacial score (nSPS) is 21.9. The molecule has 4 rings (SSSR count). The summed E-state index contributed by atoms with van der Waals surface area (Å²) in [6.07, 6.45) is 11.9. The first-order valence-electron chi connectivity index (χ1n) is 9.08. The summed E-state index contributed by atoms with van der Waals surface area (Å²) in [5, 5.41) is 4.75. The van der Waals surface area contributed by atoms with E-state index in [1.54, 1.807) is 0 Å². The Kier molecular flexibility index (Phi) is 3.71. The zero-order chi connectivity index (χ0) is 15.1. The quantitative estimate of drug-likeness (QED) is 0.857. The molecule has 1 aromatic rings. The van der Waals surface area contributed by atoms with Crippen LogP contribution in [0.4, 0.5) is 0 Å². The summed E-state index contributed by atoms with van der Waals surface area (Å²) < 4.78 is 2.05. The molecule has 0 radical (unpaired) electrons. The molecule has 0 aliphatic heterocycles. The van der Waals surface area contributed by atoms with E-state index >= 15 is 0 Å². The smallest absolute Gasteiger partial charge is 0.226 e. The average Bonchev–Trinajstić information content (AvgIpc) is 3.13. The van der Waals surface area contributed by atoms with Gasteiger partial charge in [0.15, 0.2) is 0 Å². The molecule has 0 unspecified atom stereocenters. The summed E-state index contributed by atoms with van der Waals surface area (Å²) in [5.41, 5.74) is 4.01. The van der Waals surface area contributed by atoms with Crippen LogP contribution in [0.1, 0.15) is 68.3 Å². The molecule has 0 aromatic carbocycles. The van der Waals surface area contributed by atoms with E-state index in [0.29, 0.717) is 17.9 Å². The van der Waals surface area contributed by atoms with Crippen LogP contribution in [0, 0.1) is 5.92 Å². The predicted molar refractivity (Wildman–Crippen MR) is 85.4 cm³/mol. The number of hydrogen-bond donors (Lipinski definition) is 0. The van der Waals surface area contributed by atoms with Crippen molar-refractivity contribution in [3.8, 4) is 0 Å². The van der Waals surface area contributed by atoms with Crippen LogP contribution < -0.4 is 0 Å². The van der Waals surface area contributed by atoms with Crippen LogP contribution in [-0.2, 0) is 31.2 Å². The molecule has 1 heterocycles. The Morgan fingerprint density at radius 3 is 2.59 bits per heavy atom. The second-order valence-corrected chi connectivity index (χ2v) is 7.38. The first-order valence-corrected chi connectivity index (χ1v) is 9.08. The van der Waals surface area contributed by atoms with Crippen molar-refractivity contribution in [3.05, 3.63) is 17.0 Å². The molecule has 1 amide bonds. The Morgan fingerprint density at radius 1 is 1.14 bits per heavy atom. The lowest BCUT2D eigenvalue weighted by Crippen LogP contribution is -2.44. The molecule has 2 fully saturated rings. The maximum Gasteiger partial charge on any atom is 0.226 e. The fourth-order valence-electron chi connectivity index (χ4n) is 4.48. The average molecular weight is 301 g/mol. The molecule has 0 bridgehead atoms. The Morgan fingerprint density at radius 2 is 1.91 bits per heavy atom. The van der Waals surface area contributed by atoms with E-state index in [0.717, 1.165) is 32.2 Å². The van der Waals surface area contributed by atoms with E-state index in [-0.39, 0.29) is 0 Å². The molecule has 0 N–H and O–H groups in total. The minimum absolute atomic E-state index is 0.303. The standard InChI is InChI=1S/C18H27N3O/c1-20-17-11-5-10-15(17)16(19-20)12-21(14-8-2-3-9-14)18(22)13-6-4-7-13/h13-14H,2-12H2,1H3. The van der Waals surface area contributed by atoms with Crippen molar-refractivity contribution < 1.29 is 4.79 Å². The molecule has 1 aromatic heterocycles. The number of nitrogens with zero attached hydrogens (tertiary/aromatic N) is 3. The van der Waals surface area contributed by atoms with E-state index < -0.39 is 0 Å². The summed E-state index contributed by atoms with van der Waals surface area (Å²) in [7, 11) is 2.06. The van der Waals surface area contributed by atoms with Crippen LogP contribution in [0.2, 0.25) is 0 Å². The van der Waals surface area contributed by atoms with Crippen LogP contribution in [-0.4, -0.2) is 26.6 Å². The first-order chi connectivity index (χ1) is 10.7. The Bertz CT molecular complexity index is 567. The minimum atomic E-state index is 0.303. The maximum atomic E-state index is 12.9. The molecular formula is C18H27N3O. The predicted octanol–water partition coefficient (Wildman–Crippen LogP) is 2.98. The number of hydrogen-bond acceptors (Lipinski definition) is 2. The van der Waals surface area contributed by atoms with Gasteiger partial charge in [-0.25, -0.2) is 0 Å². The highest BCUT2D eigenvalue weighted by Gasteiger charge is 2.35. The second-order valence-electron chi connectivity index (χ2n) is 7.38. The zero-order valence-electron chi connectivity index (χ0n) is 13.7. The molecule has 22 heavy (non-hydrogen) atoms. The summed E-state index contributed by atoms with van der Waals surface area (Å²) >= 11 is 0. The number of aryl methyl sites for hydroxylation is 1. The van der Waals surface area contributed by atoms with Crippen LogP contribution >= 0.6 is 0 Å². The summed E-state index contributed by atoms with van der Waals surface area (Å²) in [5.74, 6) is 0.716. The van der Waals surface area contributed by atoms with Gasteiger partial charge in [0, 0.05) is 24.7 Å². The fourth-order valence-corrected chi connectivity index (χ4v) is 4.48. The fraction of sp³-hybridized carbons (Fsp3) is 0.778. The minimum Gasteiger partial charge on any atom is -0.333 e. The lowest BCUT2D eigenvalue weighted by Gasteiger charge is -2.35. The third-order valence-electron chi connectivity index (χ3n) is 6.02. The SMILES string of the molecule is Cn1nc(CN(C(=O)C2CCC2)C2CCCC2)c2c1CCC2. The van der Waals surface area contributed by atoms with Crippen LogP contribution in [0.25, 0.3) is 0 Å². The second kappa shape index (κ2) is 5.71.